The van der Waals surface area contributed by atoms with Gasteiger partial charge in [-0.1, -0.05) is 182 Å². The average Bonchev–Trinajstić information content (AvgIpc) is 3.82. The smallest absolute Gasteiger partial charge is 0.0892 e. The molecule has 2 heterocycles. The highest BCUT2D eigenvalue weighted by molar-refractivity contribution is 6.03. The number of hydrogen-bond donors (Lipinski definition) is 0. The van der Waals surface area contributed by atoms with Crippen LogP contribution in [0.4, 0.5) is 0 Å². The zero-order chi connectivity index (χ0) is 40.3. The van der Waals surface area contributed by atoms with Gasteiger partial charge in [0.25, 0.3) is 0 Å². The van der Waals surface area contributed by atoms with Crippen molar-refractivity contribution >= 4 is 0 Å². The van der Waals surface area contributed by atoms with E-state index in [1.165, 1.54) is 55.6 Å². The molecule has 0 amide bonds. The van der Waals surface area contributed by atoms with E-state index < -0.39 is 5.41 Å². The summed E-state index contributed by atoms with van der Waals surface area (Å²) in [4.78, 5) is 19.4. The van der Waals surface area contributed by atoms with E-state index in [4.69, 9.17) is 9.97 Å². The van der Waals surface area contributed by atoms with Gasteiger partial charge in [0.05, 0.1) is 53.0 Å². The summed E-state index contributed by atoms with van der Waals surface area (Å²) in [5.74, 6) is 0. The molecule has 0 saturated heterocycles. The van der Waals surface area contributed by atoms with Crippen LogP contribution in [0.1, 0.15) is 22.3 Å². The number of nitrogens with zero attached hydrogens (tertiary/aromatic N) is 4. The molecule has 0 saturated carbocycles. The van der Waals surface area contributed by atoms with Gasteiger partial charge in [0, 0.05) is 22.3 Å². The first-order chi connectivity index (χ1) is 30.3. The topological polar surface area (TPSA) is 51.6 Å². The standard InChI is InChI=1S/C57H36N4/c1-3-15-37(16-4-1)51-33-58-35-53(60-51)41-21-11-19-39(31-41)43-25-13-29-49-55(43)45-23-7-9-27-47(45)57(49)48-28-10-8-24-46(48)56-44(26-14-30-50(56)57)40-20-12-22-42(32-40)54-36-59-34-52(61-54)38-17-5-2-6-18-38/h1-36H. The number of fused-ring (bicyclic) bond motifs is 10. The first kappa shape index (κ1) is 34.9. The SMILES string of the molecule is c1ccc(-c2cncc(-c3cccc(-c4cccc5c4-c4ccccc4C54c5ccccc5-c5c(-c6cccc(-c7cncc(-c8ccccc8)n7)c6)cccc54)c3)n2)cc1. The van der Waals surface area contributed by atoms with Gasteiger partial charge in [0.2, 0.25) is 0 Å². The van der Waals surface area contributed by atoms with Crippen LogP contribution in [0.25, 0.3) is 89.5 Å². The van der Waals surface area contributed by atoms with Crippen molar-refractivity contribution in [2.75, 3.05) is 0 Å². The second kappa shape index (κ2) is 14.0. The third kappa shape index (κ3) is 5.46. The molecule has 10 aromatic rings. The quantitative estimate of drug-likeness (QED) is 0.169. The lowest BCUT2D eigenvalue weighted by atomic mass is 9.70. The summed E-state index contributed by atoms with van der Waals surface area (Å²) < 4.78 is 0. The molecule has 284 valence electrons. The van der Waals surface area contributed by atoms with E-state index in [2.05, 4.69) is 168 Å². The Labute approximate surface area is 354 Å². The molecule has 2 aromatic heterocycles. The molecule has 12 rings (SSSR count). The Kier molecular flexibility index (Phi) is 8.04. The Morgan fingerprint density at radius 2 is 0.590 bits per heavy atom. The largest absolute Gasteiger partial charge is 0.260 e. The van der Waals surface area contributed by atoms with E-state index in [-0.39, 0.29) is 0 Å². The van der Waals surface area contributed by atoms with Crippen molar-refractivity contribution in [3.63, 3.8) is 0 Å². The van der Waals surface area contributed by atoms with Gasteiger partial charge >= 0.3 is 0 Å². The van der Waals surface area contributed by atoms with Gasteiger partial charge in [-0.25, -0.2) is 9.97 Å². The molecule has 0 N–H and O–H groups in total. The van der Waals surface area contributed by atoms with Crippen molar-refractivity contribution < 1.29 is 0 Å². The molecule has 8 aromatic carbocycles. The molecular weight excluding hydrogens is 741 g/mol. The van der Waals surface area contributed by atoms with Gasteiger partial charge in [-0.2, -0.15) is 0 Å². The zero-order valence-corrected chi connectivity index (χ0v) is 33.1. The number of rotatable bonds is 6. The first-order valence-corrected chi connectivity index (χ1v) is 20.7. The third-order valence-electron chi connectivity index (χ3n) is 12.5. The molecule has 1 spiro atoms. The molecular formula is C57H36N4. The summed E-state index contributed by atoms with van der Waals surface area (Å²) >= 11 is 0. The second-order valence-corrected chi connectivity index (χ2v) is 15.8. The Morgan fingerprint density at radius 1 is 0.262 bits per heavy atom. The van der Waals surface area contributed by atoms with Crippen LogP contribution in [0.3, 0.4) is 0 Å². The summed E-state index contributed by atoms with van der Waals surface area (Å²) in [5.41, 5.74) is 22.0. The zero-order valence-electron chi connectivity index (χ0n) is 33.1. The fourth-order valence-electron chi connectivity index (χ4n) is 9.92. The van der Waals surface area contributed by atoms with Crippen LogP contribution < -0.4 is 0 Å². The summed E-state index contributed by atoms with van der Waals surface area (Å²) in [7, 11) is 0. The highest BCUT2D eigenvalue weighted by atomic mass is 14.8. The van der Waals surface area contributed by atoms with E-state index in [9.17, 15) is 0 Å². The Bertz CT molecular complexity index is 3090. The maximum Gasteiger partial charge on any atom is 0.0892 e. The van der Waals surface area contributed by atoms with E-state index in [0.717, 1.165) is 56.2 Å². The lowest BCUT2D eigenvalue weighted by Crippen LogP contribution is -2.25. The van der Waals surface area contributed by atoms with Crippen molar-refractivity contribution in [1.82, 2.24) is 19.9 Å². The van der Waals surface area contributed by atoms with Gasteiger partial charge in [0.1, 0.15) is 0 Å². The molecule has 4 nitrogen and oxygen atoms in total. The average molecular weight is 777 g/mol. The molecule has 4 heteroatoms. The Balaban J connectivity index is 1.02. The minimum absolute atomic E-state index is 0.510. The maximum absolute atomic E-state index is 5.07. The van der Waals surface area contributed by atoms with Gasteiger partial charge in [-0.3, -0.25) is 9.97 Å². The van der Waals surface area contributed by atoms with E-state index in [0.29, 0.717) is 0 Å². The molecule has 0 unspecified atom stereocenters. The predicted octanol–water partition coefficient (Wildman–Crippen LogP) is 13.6. The van der Waals surface area contributed by atoms with Gasteiger partial charge in [-0.05, 0) is 78.9 Å². The molecule has 2 aliphatic rings. The second-order valence-electron chi connectivity index (χ2n) is 15.8. The van der Waals surface area contributed by atoms with E-state index in [1.807, 2.05) is 61.2 Å². The van der Waals surface area contributed by atoms with Crippen LogP contribution in [-0.4, -0.2) is 19.9 Å². The Hall–Kier alpha value is -8.08. The highest BCUT2D eigenvalue weighted by Gasteiger charge is 2.52. The minimum atomic E-state index is -0.510. The number of benzene rings is 8. The molecule has 0 radical (unpaired) electrons. The lowest BCUT2D eigenvalue weighted by molar-refractivity contribution is 0.794. The fraction of sp³-hybridized carbons (Fsp3) is 0.0175. The van der Waals surface area contributed by atoms with Crippen LogP contribution >= 0.6 is 0 Å². The normalized spacial score (nSPS) is 12.7. The molecule has 0 bridgehead atoms. The third-order valence-corrected chi connectivity index (χ3v) is 12.5. The fourth-order valence-corrected chi connectivity index (χ4v) is 9.92. The van der Waals surface area contributed by atoms with E-state index in [1.54, 1.807) is 0 Å². The Morgan fingerprint density at radius 3 is 1.05 bits per heavy atom. The van der Waals surface area contributed by atoms with E-state index >= 15 is 0 Å². The highest BCUT2D eigenvalue weighted by Crippen LogP contribution is 2.65. The van der Waals surface area contributed by atoms with Crippen molar-refractivity contribution in [3.05, 3.63) is 241 Å². The molecule has 0 aliphatic heterocycles. The van der Waals surface area contributed by atoms with Gasteiger partial charge < -0.3 is 0 Å². The lowest BCUT2D eigenvalue weighted by Gasteiger charge is -2.30. The maximum atomic E-state index is 5.07. The molecule has 61 heavy (non-hydrogen) atoms. The van der Waals surface area contributed by atoms with Gasteiger partial charge in [0.15, 0.2) is 0 Å². The summed E-state index contributed by atoms with van der Waals surface area (Å²) in [6, 6.07) is 69.8. The number of aromatic nitrogens is 4. The van der Waals surface area contributed by atoms with Crippen molar-refractivity contribution in [1.29, 1.82) is 0 Å². The molecule has 0 fully saturated rings. The van der Waals surface area contributed by atoms with Crippen molar-refractivity contribution in [2.45, 2.75) is 5.41 Å². The summed E-state index contributed by atoms with van der Waals surface area (Å²) in [6.07, 6.45) is 7.39. The van der Waals surface area contributed by atoms with Crippen molar-refractivity contribution in [2.24, 2.45) is 0 Å². The predicted molar refractivity (Wildman–Crippen MR) is 247 cm³/mol. The van der Waals surface area contributed by atoms with Crippen LogP contribution in [0.15, 0.2) is 219 Å². The van der Waals surface area contributed by atoms with Crippen LogP contribution in [0, 0.1) is 0 Å². The summed E-state index contributed by atoms with van der Waals surface area (Å²) in [5, 5.41) is 0. The van der Waals surface area contributed by atoms with Gasteiger partial charge in [-0.15, -0.1) is 0 Å². The monoisotopic (exact) mass is 776 g/mol. The van der Waals surface area contributed by atoms with Crippen LogP contribution in [0.2, 0.25) is 0 Å². The van der Waals surface area contributed by atoms with Crippen LogP contribution in [0.5, 0.6) is 0 Å². The minimum Gasteiger partial charge on any atom is -0.260 e. The first-order valence-electron chi connectivity index (χ1n) is 20.7. The summed E-state index contributed by atoms with van der Waals surface area (Å²) in [6.45, 7) is 0. The van der Waals surface area contributed by atoms with Crippen molar-refractivity contribution in [3.8, 4) is 89.5 Å². The molecule has 0 atom stereocenters. The number of hydrogen-bond acceptors (Lipinski definition) is 4. The molecule has 2 aliphatic carbocycles. The van der Waals surface area contributed by atoms with Crippen LogP contribution in [-0.2, 0) is 5.41 Å².